The van der Waals surface area contributed by atoms with E-state index < -0.39 is 0 Å². The van der Waals surface area contributed by atoms with E-state index in [2.05, 4.69) is 4.90 Å². The molecular weight excluding hydrogens is 230 g/mol. The van der Waals surface area contributed by atoms with Crippen molar-refractivity contribution in [2.75, 3.05) is 13.6 Å². The second-order valence-electron chi connectivity index (χ2n) is 4.12. The minimum Gasteiger partial charge on any atom is -0.298 e. The topological polar surface area (TPSA) is 20.3 Å². The molecule has 0 N–H and O–H groups in total. The van der Waals surface area contributed by atoms with Crippen molar-refractivity contribution in [3.8, 4) is 0 Å². The van der Waals surface area contributed by atoms with Gasteiger partial charge in [-0.15, -0.1) is 11.3 Å². The largest absolute Gasteiger partial charge is 0.298 e. The summed E-state index contributed by atoms with van der Waals surface area (Å²) in [4.78, 5) is 14.8. The molecular formula is C11H14ClNOS. The highest BCUT2D eigenvalue weighted by atomic mass is 35.5. The van der Waals surface area contributed by atoms with Crippen LogP contribution in [0.4, 0.5) is 0 Å². The van der Waals surface area contributed by atoms with Crippen LogP contribution in [0, 0.1) is 5.92 Å². The molecule has 0 radical (unpaired) electrons. The van der Waals surface area contributed by atoms with Gasteiger partial charge in [0, 0.05) is 17.3 Å². The Hall–Kier alpha value is -0.380. The van der Waals surface area contributed by atoms with Gasteiger partial charge in [0.25, 0.3) is 0 Å². The molecule has 1 aromatic heterocycles. The first kappa shape index (κ1) is 11.1. The molecule has 2 rings (SSSR count). The molecule has 2 nitrogen and oxygen atoms in total. The number of nitrogens with zero attached hydrogens (tertiary/aromatic N) is 1. The summed E-state index contributed by atoms with van der Waals surface area (Å²) < 4.78 is 0.812. The van der Waals surface area contributed by atoms with Crippen LogP contribution in [0.5, 0.6) is 0 Å². The van der Waals surface area contributed by atoms with Crippen LogP contribution in [0.25, 0.3) is 0 Å². The number of carbonyl (C=O) groups excluding carboxylic acids is 1. The van der Waals surface area contributed by atoms with Gasteiger partial charge in [0.2, 0.25) is 0 Å². The quantitative estimate of drug-likeness (QED) is 0.793. The van der Waals surface area contributed by atoms with Crippen LogP contribution in [0.1, 0.15) is 17.7 Å². The van der Waals surface area contributed by atoms with Crippen LogP contribution in [-0.4, -0.2) is 24.3 Å². The number of halogens is 1. The Kier molecular flexibility index (Phi) is 3.44. The Bertz CT molecular complexity index is 359. The average molecular weight is 244 g/mol. The second kappa shape index (κ2) is 4.64. The number of likely N-dealkylation sites (N-methyl/N-ethyl adjacent to an activating group) is 1. The lowest BCUT2D eigenvalue weighted by Gasteiger charge is -2.14. The Balaban J connectivity index is 1.81. The maximum atomic E-state index is 11.5. The number of hydrogen-bond acceptors (Lipinski definition) is 3. The van der Waals surface area contributed by atoms with Crippen molar-refractivity contribution in [2.45, 2.75) is 19.4 Å². The van der Waals surface area contributed by atoms with Crippen LogP contribution in [-0.2, 0) is 11.3 Å². The summed E-state index contributed by atoms with van der Waals surface area (Å²) in [6, 6.07) is 3.92. The molecule has 1 aliphatic rings. The number of ketones is 1. The van der Waals surface area contributed by atoms with Crippen molar-refractivity contribution in [2.24, 2.45) is 5.92 Å². The van der Waals surface area contributed by atoms with Crippen LogP contribution >= 0.6 is 22.9 Å². The van der Waals surface area contributed by atoms with E-state index >= 15 is 0 Å². The Morgan fingerprint density at radius 1 is 1.60 bits per heavy atom. The third-order valence-electron chi connectivity index (χ3n) is 2.51. The minimum absolute atomic E-state index is 0.361. The fourth-order valence-corrected chi connectivity index (χ4v) is 2.73. The predicted molar refractivity (Wildman–Crippen MR) is 63.4 cm³/mol. The second-order valence-corrected chi connectivity index (χ2v) is 5.92. The summed E-state index contributed by atoms with van der Waals surface area (Å²) in [5.74, 6) is 0.750. The zero-order chi connectivity index (χ0) is 10.8. The van der Waals surface area contributed by atoms with Gasteiger partial charge in [0.05, 0.1) is 10.9 Å². The van der Waals surface area contributed by atoms with E-state index in [9.17, 15) is 4.79 Å². The molecule has 1 saturated carbocycles. The van der Waals surface area contributed by atoms with Crippen molar-refractivity contribution < 1.29 is 4.79 Å². The van der Waals surface area contributed by atoms with Crippen LogP contribution in [0.2, 0.25) is 4.34 Å². The lowest BCUT2D eigenvalue weighted by atomic mass is 10.2. The number of Topliss-reactive ketones (excluding diaryl/α,β-unsaturated/α-hetero) is 1. The summed E-state index contributed by atoms with van der Waals surface area (Å²) in [6.45, 7) is 1.38. The van der Waals surface area contributed by atoms with E-state index in [1.807, 2.05) is 19.2 Å². The standard InChI is InChI=1S/C11H14ClNOS/c1-13(7-10(14)8-2-3-8)6-9-4-5-11(12)15-9/h4-5,8H,2-3,6-7H2,1H3. The highest BCUT2D eigenvalue weighted by molar-refractivity contribution is 7.16. The summed E-state index contributed by atoms with van der Waals surface area (Å²) >= 11 is 7.42. The van der Waals surface area contributed by atoms with Gasteiger partial charge in [-0.1, -0.05) is 11.6 Å². The van der Waals surface area contributed by atoms with E-state index in [0.717, 1.165) is 23.7 Å². The minimum atomic E-state index is 0.361. The molecule has 0 spiro atoms. The van der Waals surface area contributed by atoms with Gasteiger partial charge >= 0.3 is 0 Å². The summed E-state index contributed by atoms with van der Waals surface area (Å²) in [7, 11) is 1.98. The van der Waals surface area contributed by atoms with Crippen molar-refractivity contribution in [1.82, 2.24) is 4.90 Å². The van der Waals surface area contributed by atoms with Gasteiger partial charge < -0.3 is 0 Å². The Morgan fingerprint density at radius 3 is 2.87 bits per heavy atom. The van der Waals surface area contributed by atoms with E-state index in [0.29, 0.717) is 18.2 Å². The first-order valence-corrected chi connectivity index (χ1v) is 6.30. The van der Waals surface area contributed by atoms with E-state index in [1.165, 1.54) is 4.88 Å². The highest BCUT2D eigenvalue weighted by Gasteiger charge is 2.29. The van der Waals surface area contributed by atoms with Gasteiger partial charge in [-0.25, -0.2) is 0 Å². The molecule has 1 fully saturated rings. The number of hydrogen-bond donors (Lipinski definition) is 0. The predicted octanol–water partition coefficient (Wildman–Crippen LogP) is 2.81. The SMILES string of the molecule is CN(CC(=O)C1CC1)Cc1ccc(Cl)s1. The molecule has 1 aliphatic carbocycles. The fraction of sp³-hybridized carbons (Fsp3) is 0.545. The van der Waals surface area contributed by atoms with Crippen LogP contribution in [0.15, 0.2) is 12.1 Å². The lowest BCUT2D eigenvalue weighted by Crippen LogP contribution is -2.26. The molecule has 0 unspecified atom stereocenters. The molecule has 0 saturated heterocycles. The van der Waals surface area contributed by atoms with E-state index in [4.69, 9.17) is 11.6 Å². The summed E-state index contributed by atoms with van der Waals surface area (Å²) in [5, 5.41) is 0. The van der Waals surface area contributed by atoms with Gasteiger partial charge in [-0.3, -0.25) is 9.69 Å². The van der Waals surface area contributed by atoms with Gasteiger partial charge in [-0.05, 0) is 32.0 Å². The molecule has 15 heavy (non-hydrogen) atoms. The summed E-state index contributed by atoms with van der Waals surface area (Å²) in [6.07, 6.45) is 2.19. The Labute approximate surface area is 98.8 Å². The first-order valence-electron chi connectivity index (χ1n) is 5.10. The molecule has 0 aliphatic heterocycles. The Morgan fingerprint density at radius 2 is 2.33 bits per heavy atom. The lowest BCUT2D eigenvalue weighted by molar-refractivity contribution is -0.121. The van der Waals surface area contributed by atoms with Crippen molar-refractivity contribution >= 4 is 28.7 Å². The third kappa shape index (κ3) is 3.30. The zero-order valence-electron chi connectivity index (χ0n) is 8.70. The van der Waals surface area contributed by atoms with Gasteiger partial charge in [0.1, 0.15) is 5.78 Å². The van der Waals surface area contributed by atoms with Crippen molar-refractivity contribution in [1.29, 1.82) is 0 Å². The number of rotatable bonds is 5. The molecule has 4 heteroatoms. The maximum Gasteiger partial charge on any atom is 0.149 e. The van der Waals surface area contributed by atoms with Gasteiger partial charge in [-0.2, -0.15) is 0 Å². The molecule has 1 heterocycles. The molecule has 1 aromatic rings. The molecule has 0 aromatic carbocycles. The molecule has 0 bridgehead atoms. The monoisotopic (exact) mass is 243 g/mol. The third-order valence-corrected chi connectivity index (χ3v) is 3.73. The number of carbonyl (C=O) groups is 1. The van der Waals surface area contributed by atoms with Crippen molar-refractivity contribution in [3.05, 3.63) is 21.3 Å². The van der Waals surface area contributed by atoms with Gasteiger partial charge in [0.15, 0.2) is 0 Å². The normalized spacial score (nSPS) is 15.9. The smallest absolute Gasteiger partial charge is 0.149 e. The number of thiophene rings is 1. The molecule has 0 atom stereocenters. The molecule has 0 amide bonds. The first-order chi connectivity index (χ1) is 7.15. The zero-order valence-corrected chi connectivity index (χ0v) is 10.3. The molecule has 82 valence electrons. The average Bonchev–Trinajstić information content (AvgIpc) is 2.92. The summed E-state index contributed by atoms with van der Waals surface area (Å²) in [5.41, 5.74) is 0. The van der Waals surface area contributed by atoms with E-state index in [1.54, 1.807) is 11.3 Å². The highest BCUT2D eigenvalue weighted by Crippen LogP contribution is 2.30. The fourth-order valence-electron chi connectivity index (χ4n) is 1.56. The van der Waals surface area contributed by atoms with Crippen molar-refractivity contribution in [3.63, 3.8) is 0 Å². The van der Waals surface area contributed by atoms with Crippen LogP contribution < -0.4 is 0 Å². The maximum absolute atomic E-state index is 11.5. The van der Waals surface area contributed by atoms with E-state index in [-0.39, 0.29) is 0 Å². The van der Waals surface area contributed by atoms with Crippen LogP contribution in [0.3, 0.4) is 0 Å².